The van der Waals surface area contributed by atoms with E-state index in [2.05, 4.69) is 17.1 Å². The van der Waals surface area contributed by atoms with Gasteiger partial charge in [-0.2, -0.15) is 0 Å². The Bertz CT molecular complexity index is 974. The Kier molecular flexibility index (Phi) is 5.52. The van der Waals surface area contributed by atoms with Crippen LogP contribution in [0, 0.1) is 6.92 Å². The summed E-state index contributed by atoms with van der Waals surface area (Å²) >= 11 is 1.65. The number of hydrogen-bond acceptors (Lipinski definition) is 5. The minimum atomic E-state index is -0.917. The molecule has 1 aliphatic heterocycles. The Labute approximate surface area is 167 Å². The van der Waals surface area contributed by atoms with Gasteiger partial charge in [-0.3, -0.25) is 0 Å². The number of carboxylic acids is 1. The zero-order valence-corrected chi connectivity index (χ0v) is 16.4. The number of thiazole rings is 1. The van der Waals surface area contributed by atoms with Crippen molar-refractivity contribution in [3.8, 4) is 21.6 Å². The van der Waals surface area contributed by atoms with E-state index in [1.165, 1.54) is 0 Å². The number of carboxylic acid groups (broad SMARTS) is 1. The van der Waals surface area contributed by atoms with Crippen LogP contribution in [0.25, 0.3) is 21.6 Å². The van der Waals surface area contributed by atoms with E-state index in [0.717, 1.165) is 45.3 Å². The standard InChI is InChI=1S/C22H21NO4S/c1-14-21(28-20(23-14)13-27-19-9-10-26-12-19)18-4-2-3-17(11-18)15-5-7-16(8-6-15)22(24)25/h2-8,11,19H,9-10,12-13H2,1H3,(H,24,25). The van der Waals surface area contributed by atoms with Crippen molar-refractivity contribution in [1.29, 1.82) is 0 Å². The molecule has 2 heterocycles. The van der Waals surface area contributed by atoms with Gasteiger partial charge in [0.1, 0.15) is 5.01 Å². The summed E-state index contributed by atoms with van der Waals surface area (Å²) in [5.41, 5.74) is 4.41. The van der Waals surface area contributed by atoms with Crippen LogP contribution < -0.4 is 0 Å². The van der Waals surface area contributed by atoms with Crippen molar-refractivity contribution >= 4 is 17.3 Å². The van der Waals surface area contributed by atoms with Crippen molar-refractivity contribution in [2.75, 3.05) is 13.2 Å². The Hall–Kier alpha value is -2.54. The highest BCUT2D eigenvalue weighted by Gasteiger charge is 2.17. The van der Waals surface area contributed by atoms with Crippen molar-refractivity contribution in [2.45, 2.75) is 26.1 Å². The van der Waals surface area contributed by atoms with Gasteiger partial charge in [0.2, 0.25) is 0 Å². The molecule has 28 heavy (non-hydrogen) atoms. The Balaban J connectivity index is 1.54. The number of aryl methyl sites for hydroxylation is 1. The summed E-state index contributed by atoms with van der Waals surface area (Å²) in [7, 11) is 0. The van der Waals surface area contributed by atoms with E-state index in [4.69, 9.17) is 14.6 Å². The Morgan fingerprint density at radius 2 is 2.00 bits per heavy atom. The van der Waals surface area contributed by atoms with E-state index in [9.17, 15) is 4.79 Å². The summed E-state index contributed by atoms with van der Waals surface area (Å²) in [5, 5.41) is 10.0. The van der Waals surface area contributed by atoms with Crippen LogP contribution >= 0.6 is 11.3 Å². The Morgan fingerprint density at radius 1 is 1.21 bits per heavy atom. The van der Waals surface area contributed by atoms with Crippen molar-refractivity contribution < 1.29 is 19.4 Å². The SMILES string of the molecule is Cc1nc(COC2CCOC2)sc1-c1cccc(-c2ccc(C(=O)O)cc2)c1. The molecule has 4 rings (SSSR count). The van der Waals surface area contributed by atoms with E-state index in [1.807, 2.05) is 31.2 Å². The van der Waals surface area contributed by atoms with E-state index < -0.39 is 5.97 Å². The van der Waals surface area contributed by atoms with Gasteiger partial charge in [0.05, 0.1) is 35.5 Å². The third kappa shape index (κ3) is 4.14. The van der Waals surface area contributed by atoms with E-state index >= 15 is 0 Å². The summed E-state index contributed by atoms with van der Waals surface area (Å²) < 4.78 is 11.2. The van der Waals surface area contributed by atoms with Gasteiger partial charge >= 0.3 is 5.97 Å². The number of aromatic carboxylic acids is 1. The highest BCUT2D eigenvalue weighted by Crippen LogP contribution is 2.33. The molecule has 0 bridgehead atoms. The third-order valence-electron chi connectivity index (χ3n) is 4.76. The Morgan fingerprint density at radius 3 is 2.71 bits per heavy atom. The molecular weight excluding hydrogens is 374 g/mol. The number of nitrogens with zero attached hydrogens (tertiary/aromatic N) is 1. The molecule has 6 heteroatoms. The molecule has 1 N–H and O–H groups in total. The molecule has 3 aromatic rings. The maximum absolute atomic E-state index is 11.0. The highest BCUT2D eigenvalue weighted by molar-refractivity contribution is 7.15. The van der Waals surface area contributed by atoms with Crippen LogP contribution in [-0.2, 0) is 16.1 Å². The lowest BCUT2D eigenvalue weighted by atomic mass is 10.0. The second-order valence-corrected chi connectivity index (χ2v) is 7.87. The van der Waals surface area contributed by atoms with Gasteiger partial charge < -0.3 is 14.6 Å². The average molecular weight is 395 g/mol. The molecule has 1 aliphatic rings. The first-order valence-electron chi connectivity index (χ1n) is 9.20. The van der Waals surface area contributed by atoms with Crippen LogP contribution in [0.15, 0.2) is 48.5 Å². The van der Waals surface area contributed by atoms with Crippen LogP contribution in [0.5, 0.6) is 0 Å². The molecule has 1 saturated heterocycles. The molecule has 1 atom stereocenters. The largest absolute Gasteiger partial charge is 0.478 e. The van der Waals surface area contributed by atoms with Crippen LogP contribution in [0.3, 0.4) is 0 Å². The number of carbonyl (C=O) groups is 1. The van der Waals surface area contributed by atoms with Crippen molar-refractivity contribution in [3.63, 3.8) is 0 Å². The number of ether oxygens (including phenoxy) is 2. The molecular formula is C22H21NO4S. The van der Waals surface area contributed by atoms with Gasteiger partial charge in [-0.15, -0.1) is 11.3 Å². The second-order valence-electron chi connectivity index (χ2n) is 6.78. The van der Waals surface area contributed by atoms with Crippen molar-refractivity contribution in [1.82, 2.24) is 4.98 Å². The molecule has 0 amide bonds. The molecule has 5 nitrogen and oxygen atoms in total. The number of benzene rings is 2. The number of hydrogen-bond donors (Lipinski definition) is 1. The molecule has 1 fully saturated rings. The molecule has 0 aliphatic carbocycles. The second kappa shape index (κ2) is 8.22. The number of rotatable bonds is 6. The molecule has 0 spiro atoms. The maximum atomic E-state index is 11.0. The lowest BCUT2D eigenvalue weighted by molar-refractivity contribution is 0.0316. The van der Waals surface area contributed by atoms with Gasteiger partial charge in [-0.25, -0.2) is 9.78 Å². The van der Waals surface area contributed by atoms with Gasteiger partial charge in [0.15, 0.2) is 0 Å². The fourth-order valence-electron chi connectivity index (χ4n) is 3.26. The van der Waals surface area contributed by atoms with Crippen LogP contribution in [0.1, 0.15) is 27.5 Å². The average Bonchev–Trinajstić information content (AvgIpc) is 3.36. The molecule has 2 aromatic carbocycles. The summed E-state index contributed by atoms with van der Waals surface area (Å²) in [6.45, 7) is 3.96. The van der Waals surface area contributed by atoms with Gasteiger partial charge in [0, 0.05) is 6.61 Å². The first-order chi connectivity index (χ1) is 13.6. The van der Waals surface area contributed by atoms with Crippen LogP contribution in [-0.4, -0.2) is 35.4 Å². The van der Waals surface area contributed by atoms with E-state index in [0.29, 0.717) is 13.2 Å². The first kappa shape index (κ1) is 18.8. The lowest BCUT2D eigenvalue weighted by Gasteiger charge is -2.07. The molecule has 1 unspecified atom stereocenters. The molecule has 0 saturated carbocycles. The highest BCUT2D eigenvalue weighted by atomic mass is 32.1. The smallest absolute Gasteiger partial charge is 0.335 e. The molecule has 0 radical (unpaired) electrons. The normalized spacial score (nSPS) is 16.4. The third-order valence-corrected chi connectivity index (χ3v) is 5.94. The zero-order valence-electron chi connectivity index (χ0n) is 15.6. The zero-order chi connectivity index (χ0) is 19.5. The lowest BCUT2D eigenvalue weighted by Crippen LogP contribution is -2.11. The van der Waals surface area contributed by atoms with Gasteiger partial charge in [-0.1, -0.05) is 30.3 Å². The fourth-order valence-corrected chi connectivity index (χ4v) is 4.24. The molecule has 1 aromatic heterocycles. The first-order valence-corrected chi connectivity index (χ1v) is 10.0. The molecule has 144 valence electrons. The summed E-state index contributed by atoms with van der Waals surface area (Å²) in [6.07, 6.45) is 1.12. The maximum Gasteiger partial charge on any atom is 0.335 e. The quantitative estimate of drug-likeness (QED) is 0.650. The van der Waals surface area contributed by atoms with Crippen LogP contribution in [0.2, 0.25) is 0 Å². The van der Waals surface area contributed by atoms with E-state index in [1.54, 1.807) is 23.5 Å². The van der Waals surface area contributed by atoms with Gasteiger partial charge in [0.25, 0.3) is 0 Å². The van der Waals surface area contributed by atoms with Gasteiger partial charge in [-0.05, 0) is 48.2 Å². The van der Waals surface area contributed by atoms with Crippen molar-refractivity contribution in [3.05, 3.63) is 64.8 Å². The fraction of sp³-hybridized carbons (Fsp3) is 0.273. The summed E-state index contributed by atoms with van der Waals surface area (Å²) in [6, 6.07) is 15.2. The topological polar surface area (TPSA) is 68.7 Å². The monoisotopic (exact) mass is 395 g/mol. The van der Waals surface area contributed by atoms with Crippen molar-refractivity contribution in [2.24, 2.45) is 0 Å². The predicted octanol–water partition coefficient (Wildman–Crippen LogP) is 4.79. The summed E-state index contributed by atoms with van der Waals surface area (Å²) in [5.74, 6) is -0.917. The van der Waals surface area contributed by atoms with E-state index in [-0.39, 0.29) is 11.7 Å². The summed E-state index contributed by atoms with van der Waals surface area (Å²) in [4.78, 5) is 16.8. The predicted molar refractivity (Wildman–Crippen MR) is 109 cm³/mol. The number of aromatic nitrogens is 1. The minimum absolute atomic E-state index is 0.171. The van der Waals surface area contributed by atoms with Crippen LogP contribution in [0.4, 0.5) is 0 Å². The minimum Gasteiger partial charge on any atom is -0.478 e.